The molecule has 0 aromatic heterocycles. The van der Waals surface area contributed by atoms with Crippen LogP contribution in [0.2, 0.25) is 0 Å². The van der Waals surface area contributed by atoms with Crippen molar-refractivity contribution in [3.8, 4) is 0 Å². The van der Waals surface area contributed by atoms with Crippen molar-refractivity contribution >= 4 is 0 Å². The van der Waals surface area contributed by atoms with Crippen molar-refractivity contribution in [2.24, 2.45) is 11.7 Å². The average molecular weight is 141 g/mol. The first-order valence-electron chi connectivity index (χ1n) is 4.01. The smallest absolute Gasteiger partial charge is 0.00747 e. The Morgan fingerprint density at radius 2 is 2.10 bits per heavy atom. The number of hydrogen-bond acceptors (Lipinski definition) is 1. The van der Waals surface area contributed by atoms with E-state index in [1.807, 2.05) is 0 Å². The van der Waals surface area contributed by atoms with Crippen LogP contribution in [0.25, 0.3) is 0 Å². The maximum Gasteiger partial charge on any atom is -0.00747 e. The fraction of sp³-hybridized carbons (Fsp3) is 0.778. The second-order valence-corrected chi connectivity index (χ2v) is 3.18. The van der Waals surface area contributed by atoms with Gasteiger partial charge in [-0.25, -0.2) is 0 Å². The van der Waals surface area contributed by atoms with Crippen LogP contribution in [0.15, 0.2) is 12.2 Å². The van der Waals surface area contributed by atoms with Crippen molar-refractivity contribution in [3.05, 3.63) is 12.2 Å². The van der Waals surface area contributed by atoms with Gasteiger partial charge in [0, 0.05) is 0 Å². The van der Waals surface area contributed by atoms with E-state index in [1.54, 1.807) is 0 Å². The fourth-order valence-corrected chi connectivity index (χ4v) is 0.922. The summed E-state index contributed by atoms with van der Waals surface area (Å²) in [5, 5.41) is 0. The van der Waals surface area contributed by atoms with E-state index in [1.165, 1.54) is 12.0 Å². The van der Waals surface area contributed by atoms with E-state index in [2.05, 4.69) is 20.4 Å². The van der Waals surface area contributed by atoms with Gasteiger partial charge in [-0.3, -0.25) is 0 Å². The third-order valence-corrected chi connectivity index (χ3v) is 1.72. The van der Waals surface area contributed by atoms with Gasteiger partial charge in [0.15, 0.2) is 0 Å². The summed E-state index contributed by atoms with van der Waals surface area (Å²) in [6.45, 7) is 9.00. The van der Waals surface area contributed by atoms with Crippen molar-refractivity contribution in [2.45, 2.75) is 33.1 Å². The highest BCUT2D eigenvalue weighted by atomic mass is 14.5. The molecule has 0 radical (unpaired) electrons. The summed E-state index contributed by atoms with van der Waals surface area (Å²) >= 11 is 0. The molecule has 10 heavy (non-hydrogen) atoms. The molecule has 0 fully saturated rings. The third kappa shape index (κ3) is 5.83. The van der Waals surface area contributed by atoms with Crippen LogP contribution >= 0.6 is 0 Å². The first kappa shape index (κ1) is 9.70. The summed E-state index contributed by atoms with van der Waals surface area (Å²) in [5.41, 5.74) is 6.69. The Morgan fingerprint density at radius 3 is 2.50 bits per heavy atom. The van der Waals surface area contributed by atoms with Crippen molar-refractivity contribution in [1.29, 1.82) is 0 Å². The molecule has 0 aliphatic rings. The van der Waals surface area contributed by atoms with Crippen LogP contribution in [0.5, 0.6) is 0 Å². The van der Waals surface area contributed by atoms with Crippen LogP contribution in [0, 0.1) is 5.92 Å². The van der Waals surface area contributed by atoms with Crippen LogP contribution in [0.4, 0.5) is 0 Å². The molecule has 1 nitrogen and oxygen atoms in total. The average Bonchev–Trinajstić information content (AvgIpc) is 1.85. The SMILES string of the molecule is C=C(C)CCC(C)CCN. The minimum absolute atomic E-state index is 0.765. The normalized spacial score (nSPS) is 13.1. The predicted octanol–water partition coefficient (Wildman–Crippen LogP) is 2.33. The third-order valence-electron chi connectivity index (χ3n) is 1.72. The number of hydrogen-bond donors (Lipinski definition) is 1. The standard InChI is InChI=1S/C9H19N/c1-8(2)4-5-9(3)6-7-10/h9H,1,4-7,10H2,2-3H3. The van der Waals surface area contributed by atoms with E-state index in [9.17, 15) is 0 Å². The van der Waals surface area contributed by atoms with Gasteiger partial charge in [0.1, 0.15) is 0 Å². The van der Waals surface area contributed by atoms with Crippen LogP contribution in [-0.4, -0.2) is 6.54 Å². The summed E-state index contributed by atoms with van der Waals surface area (Å²) in [5.74, 6) is 0.765. The van der Waals surface area contributed by atoms with Gasteiger partial charge in [0.2, 0.25) is 0 Å². The maximum absolute atomic E-state index is 5.41. The van der Waals surface area contributed by atoms with Gasteiger partial charge in [0.05, 0.1) is 0 Å². The minimum atomic E-state index is 0.765. The highest BCUT2D eigenvalue weighted by molar-refractivity contribution is 4.87. The second-order valence-electron chi connectivity index (χ2n) is 3.18. The molecule has 1 heteroatoms. The summed E-state index contributed by atoms with van der Waals surface area (Å²) in [6.07, 6.45) is 3.54. The maximum atomic E-state index is 5.41. The number of allylic oxidation sites excluding steroid dienone is 1. The molecule has 0 amide bonds. The van der Waals surface area contributed by atoms with E-state index in [-0.39, 0.29) is 0 Å². The molecule has 0 saturated carbocycles. The second kappa shape index (κ2) is 5.48. The zero-order valence-electron chi connectivity index (χ0n) is 7.19. The molecule has 2 N–H and O–H groups in total. The van der Waals surface area contributed by atoms with Crippen LogP contribution in [0.3, 0.4) is 0 Å². The van der Waals surface area contributed by atoms with Gasteiger partial charge < -0.3 is 5.73 Å². The van der Waals surface area contributed by atoms with Gasteiger partial charge in [-0.2, -0.15) is 0 Å². The first-order valence-corrected chi connectivity index (χ1v) is 4.01. The summed E-state index contributed by atoms with van der Waals surface area (Å²) in [6, 6.07) is 0. The zero-order chi connectivity index (χ0) is 7.98. The lowest BCUT2D eigenvalue weighted by Gasteiger charge is -2.08. The van der Waals surface area contributed by atoms with Crippen molar-refractivity contribution in [1.82, 2.24) is 0 Å². The zero-order valence-corrected chi connectivity index (χ0v) is 7.19. The Kier molecular flexibility index (Phi) is 5.32. The Bertz CT molecular complexity index is 96.9. The van der Waals surface area contributed by atoms with Crippen molar-refractivity contribution < 1.29 is 0 Å². The van der Waals surface area contributed by atoms with E-state index >= 15 is 0 Å². The van der Waals surface area contributed by atoms with Gasteiger partial charge in [-0.05, 0) is 38.6 Å². The minimum Gasteiger partial charge on any atom is -0.330 e. The van der Waals surface area contributed by atoms with Crippen LogP contribution in [-0.2, 0) is 0 Å². The Hall–Kier alpha value is -0.300. The molecular weight excluding hydrogens is 122 g/mol. The summed E-state index contributed by atoms with van der Waals surface area (Å²) in [7, 11) is 0. The molecule has 1 unspecified atom stereocenters. The number of nitrogens with two attached hydrogens (primary N) is 1. The van der Waals surface area contributed by atoms with E-state index in [4.69, 9.17) is 5.73 Å². The molecule has 60 valence electrons. The lowest BCUT2D eigenvalue weighted by molar-refractivity contribution is 0.499. The summed E-state index contributed by atoms with van der Waals surface area (Å²) in [4.78, 5) is 0. The lowest BCUT2D eigenvalue weighted by atomic mass is 10.00. The van der Waals surface area contributed by atoms with E-state index in [0.717, 1.165) is 25.3 Å². The predicted molar refractivity (Wildman–Crippen MR) is 46.9 cm³/mol. The monoisotopic (exact) mass is 141 g/mol. The largest absolute Gasteiger partial charge is 0.330 e. The Morgan fingerprint density at radius 1 is 1.50 bits per heavy atom. The lowest BCUT2D eigenvalue weighted by Crippen LogP contribution is -2.05. The van der Waals surface area contributed by atoms with Gasteiger partial charge in [-0.15, -0.1) is 6.58 Å². The highest BCUT2D eigenvalue weighted by Crippen LogP contribution is 2.12. The Labute approximate surface area is 64.3 Å². The molecule has 0 spiro atoms. The first-order chi connectivity index (χ1) is 4.66. The highest BCUT2D eigenvalue weighted by Gasteiger charge is 1.99. The van der Waals surface area contributed by atoms with Gasteiger partial charge in [0.25, 0.3) is 0 Å². The van der Waals surface area contributed by atoms with Gasteiger partial charge >= 0.3 is 0 Å². The molecular formula is C9H19N. The van der Waals surface area contributed by atoms with Gasteiger partial charge in [-0.1, -0.05) is 12.5 Å². The number of rotatable bonds is 5. The molecule has 0 aliphatic heterocycles. The fourth-order valence-electron chi connectivity index (χ4n) is 0.922. The van der Waals surface area contributed by atoms with E-state index in [0.29, 0.717) is 0 Å². The van der Waals surface area contributed by atoms with Crippen LogP contribution in [0.1, 0.15) is 33.1 Å². The molecule has 1 atom stereocenters. The molecule has 0 aromatic carbocycles. The molecule has 0 bridgehead atoms. The van der Waals surface area contributed by atoms with Crippen LogP contribution < -0.4 is 5.73 Å². The van der Waals surface area contributed by atoms with E-state index < -0.39 is 0 Å². The quantitative estimate of drug-likeness (QED) is 0.584. The molecule has 0 rings (SSSR count). The molecule has 0 aromatic rings. The molecule has 0 saturated heterocycles. The molecule has 0 heterocycles. The topological polar surface area (TPSA) is 26.0 Å². The van der Waals surface area contributed by atoms with Crippen molar-refractivity contribution in [2.75, 3.05) is 6.54 Å². The summed E-state index contributed by atoms with van der Waals surface area (Å²) < 4.78 is 0. The van der Waals surface area contributed by atoms with Crippen molar-refractivity contribution in [3.63, 3.8) is 0 Å². The Balaban J connectivity index is 3.21. The molecule has 0 aliphatic carbocycles.